The van der Waals surface area contributed by atoms with Gasteiger partial charge in [0.2, 0.25) is 5.91 Å². The molecule has 1 aliphatic rings. The Kier molecular flexibility index (Phi) is 3.92. The lowest BCUT2D eigenvalue weighted by molar-refractivity contribution is -0.120. The Morgan fingerprint density at radius 2 is 1.95 bits per heavy atom. The van der Waals surface area contributed by atoms with Gasteiger partial charge in [-0.2, -0.15) is 0 Å². The molecule has 0 unspecified atom stereocenters. The van der Waals surface area contributed by atoms with Crippen LogP contribution in [0.1, 0.15) is 32.1 Å². The second kappa shape index (κ2) is 5.85. The number of carbonyl (C=O) groups excluding carboxylic acids is 1. The molecule has 1 aliphatic carbocycles. The number of benzene rings is 1. The molecule has 1 aromatic carbocycles. The van der Waals surface area contributed by atoms with Crippen molar-refractivity contribution in [3.8, 4) is 0 Å². The van der Waals surface area contributed by atoms with E-state index in [4.69, 9.17) is 17.3 Å². The van der Waals surface area contributed by atoms with Gasteiger partial charge in [0, 0.05) is 10.9 Å². The lowest BCUT2D eigenvalue weighted by Gasteiger charge is -2.20. The maximum atomic E-state index is 12.3. The molecule has 21 heavy (non-hydrogen) atoms. The molecule has 0 spiro atoms. The predicted octanol–water partition coefficient (Wildman–Crippen LogP) is 3.38. The topological polar surface area (TPSA) is 80.9 Å². The minimum Gasteiger partial charge on any atom is -0.381 e. The Hall–Kier alpha value is -1.88. The van der Waals surface area contributed by atoms with Crippen molar-refractivity contribution in [1.29, 1.82) is 0 Å². The van der Waals surface area contributed by atoms with Gasteiger partial charge in [0.15, 0.2) is 11.6 Å². The smallest absolute Gasteiger partial charge is 0.228 e. The van der Waals surface area contributed by atoms with Crippen LogP contribution in [0.5, 0.6) is 0 Å². The zero-order valence-corrected chi connectivity index (χ0v) is 12.4. The van der Waals surface area contributed by atoms with E-state index in [1.807, 2.05) is 0 Å². The first-order valence-corrected chi connectivity index (χ1v) is 7.55. The monoisotopic (exact) mass is 304 g/mol. The van der Waals surface area contributed by atoms with Gasteiger partial charge in [0.1, 0.15) is 0 Å². The Morgan fingerprint density at radius 1 is 1.19 bits per heavy atom. The van der Waals surface area contributed by atoms with E-state index in [9.17, 15) is 4.79 Å². The van der Waals surface area contributed by atoms with Gasteiger partial charge in [0.05, 0.1) is 11.0 Å². The summed E-state index contributed by atoms with van der Waals surface area (Å²) in [5.74, 6) is 0.596. The van der Waals surface area contributed by atoms with Crippen molar-refractivity contribution >= 4 is 40.2 Å². The molecule has 0 saturated heterocycles. The van der Waals surface area contributed by atoms with Crippen LogP contribution in [0, 0.1) is 5.92 Å². The number of nitrogens with two attached hydrogens (primary N) is 1. The zero-order chi connectivity index (χ0) is 14.8. The molecule has 0 bridgehead atoms. The van der Waals surface area contributed by atoms with Gasteiger partial charge in [-0.15, -0.1) is 0 Å². The molecule has 1 aromatic heterocycles. The van der Waals surface area contributed by atoms with Crippen molar-refractivity contribution in [3.63, 3.8) is 0 Å². The van der Waals surface area contributed by atoms with Crippen LogP contribution >= 0.6 is 11.6 Å². The summed E-state index contributed by atoms with van der Waals surface area (Å²) in [5.41, 5.74) is 7.16. The van der Waals surface area contributed by atoms with E-state index in [2.05, 4.69) is 15.3 Å². The summed E-state index contributed by atoms with van der Waals surface area (Å²) >= 11 is 5.92. The Labute approximate surface area is 127 Å². The van der Waals surface area contributed by atoms with Crippen molar-refractivity contribution < 1.29 is 4.79 Å². The molecule has 1 amide bonds. The van der Waals surface area contributed by atoms with Gasteiger partial charge in [-0.1, -0.05) is 30.9 Å². The van der Waals surface area contributed by atoms with Gasteiger partial charge in [0.25, 0.3) is 0 Å². The quantitative estimate of drug-likeness (QED) is 0.891. The van der Waals surface area contributed by atoms with Gasteiger partial charge >= 0.3 is 0 Å². The summed E-state index contributed by atoms with van der Waals surface area (Å²) in [6.07, 6.45) is 5.29. The number of hydrogen-bond donors (Lipinski definition) is 2. The first-order valence-electron chi connectivity index (χ1n) is 7.17. The highest BCUT2D eigenvalue weighted by molar-refractivity contribution is 6.31. The molecule has 3 rings (SSSR count). The minimum atomic E-state index is -0.0102. The third kappa shape index (κ3) is 3.08. The lowest BCUT2D eigenvalue weighted by atomic mass is 9.89. The second-order valence-electron chi connectivity index (χ2n) is 5.41. The van der Waals surface area contributed by atoms with Crippen LogP contribution in [0.3, 0.4) is 0 Å². The van der Waals surface area contributed by atoms with Gasteiger partial charge in [-0.05, 0) is 31.0 Å². The van der Waals surface area contributed by atoms with E-state index in [1.165, 1.54) is 6.42 Å². The molecule has 3 N–H and O–H groups in total. The molecule has 0 aliphatic heterocycles. The fourth-order valence-corrected chi connectivity index (χ4v) is 2.88. The number of anilines is 2. The Morgan fingerprint density at radius 3 is 2.71 bits per heavy atom. The number of amides is 1. The van der Waals surface area contributed by atoms with Crippen LogP contribution in [0.4, 0.5) is 11.6 Å². The first-order chi connectivity index (χ1) is 10.1. The maximum Gasteiger partial charge on any atom is 0.228 e. The van der Waals surface area contributed by atoms with Crippen molar-refractivity contribution in [2.24, 2.45) is 5.92 Å². The van der Waals surface area contributed by atoms with Crippen molar-refractivity contribution in [2.75, 3.05) is 11.1 Å². The third-order valence-electron chi connectivity index (χ3n) is 3.87. The molecule has 6 heteroatoms. The number of hydrogen-bond acceptors (Lipinski definition) is 4. The Balaban J connectivity index is 1.84. The van der Waals surface area contributed by atoms with Gasteiger partial charge in [-0.3, -0.25) is 4.79 Å². The molecule has 0 radical (unpaired) electrons. The molecule has 5 nitrogen and oxygen atoms in total. The normalized spacial score (nSPS) is 16.0. The van der Waals surface area contributed by atoms with Crippen LogP contribution < -0.4 is 11.1 Å². The molecule has 2 aromatic rings. The highest BCUT2D eigenvalue weighted by atomic mass is 35.5. The molecule has 1 heterocycles. The van der Waals surface area contributed by atoms with E-state index in [0.717, 1.165) is 25.7 Å². The fraction of sp³-hybridized carbons (Fsp3) is 0.400. The summed E-state index contributed by atoms with van der Waals surface area (Å²) < 4.78 is 0. The van der Waals surface area contributed by atoms with Crippen LogP contribution in [-0.2, 0) is 4.79 Å². The average molecular weight is 305 g/mol. The van der Waals surface area contributed by atoms with E-state index < -0.39 is 0 Å². The number of carbonyl (C=O) groups is 1. The number of fused-ring (bicyclic) bond motifs is 1. The van der Waals surface area contributed by atoms with E-state index in [-0.39, 0.29) is 17.6 Å². The maximum absolute atomic E-state index is 12.3. The average Bonchev–Trinajstić information content (AvgIpc) is 2.49. The zero-order valence-electron chi connectivity index (χ0n) is 11.6. The number of nitrogens with one attached hydrogen (secondary N) is 1. The summed E-state index contributed by atoms with van der Waals surface area (Å²) in [5, 5.41) is 3.40. The van der Waals surface area contributed by atoms with Crippen molar-refractivity contribution in [1.82, 2.24) is 9.97 Å². The second-order valence-corrected chi connectivity index (χ2v) is 5.85. The predicted molar refractivity (Wildman–Crippen MR) is 84.2 cm³/mol. The van der Waals surface area contributed by atoms with Crippen LogP contribution in [0.2, 0.25) is 5.02 Å². The van der Waals surface area contributed by atoms with Crippen LogP contribution in [-0.4, -0.2) is 15.9 Å². The number of nitrogen functional groups attached to an aromatic ring is 1. The largest absolute Gasteiger partial charge is 0.381 e. The van der Waals surface area contributed by atoms with Crippen molar-refractivity contribution in [3.05, 3.63) is 23.2 Å². The summed E-state index contributed by atoms with van der Waals surface area (Å²) in [4.78, 5) is 20.9. The number of rotatable bonds is 2. The third-order valence-corrected chi connectivity index (χ3v) is 4.11. The summed E-state index contributed by atoms with van der Waals surface area (Å²) in [7, 11) is 0. The molecular formula is C15H17ClN4O. The molecule has 1 fully saturated rings. The summed E-state index contributed by atoms with van der Waals surface area (Å²) in [6.45, 7) is 0. The van der Waals surface area contributed by atoms with Gasteiger partial charge < -0.3 is 11.1 Å². The minimum absolute atomic E-state index is 0.0102. The van der Waals surface area contributed by atoms with E-state index in [0.29, 0.717) is 21.9 Å². The van der Waals surface area contributed by atoms with E-state index >= 15 is 0 Å². The Bertz CT molecular complexity index is 683. The molecule has 0 atom stereocenters. The highest BCUT2D eigenvalue weighted by Crippen LogP contribution is 2.26. The van der Waals surface area contributed by atoms with Crippen molar-refractivity contribution in [2.45, 2.75) is 32.1 Å². The molecule has 110 valence electrons. The number of halogens is 1. The van der Waals surface area contributed by atoms with Crippen LogP contribution in [0.25, 0.3) is 11.0 Å². The molecular weight excluding hydrogens is 288 g/mol. The SMILES string of the molecule is Nc1nc2cc(Cl)ccc2nc1NC(=O)C1CCCCC1. The lowest BCUT2D eigenvalue weighted by Crippen LogP contribution is -2.25. The molecule has 1 saturated carbocycles. The first kappa shape index (κ1) is 14.1. The highest BCUT2D eigenvalue weighted by Gasteiger charge is 2.22. The summed E-state index contributed by atoms with van der Waals surface area (Å²) in [6, 6.07) is 5.20. The number of nitrogens with zero attached hydrogens (tertiary/aromatic N) is 2. The number of aromatic nitrogens is 2. The van der Waals surface area contributed by atoms with Crippen LogP contribution in [0.15, 0.2) is 18.2 Å². The van der Waals surface area contributed by atoms with Gasteiger partial charge in [-0.25, -0.2) is 9.97 Å². The standard InChI is InChI=1S/C15H17ClN4O/c16-10-6-7-11-12(8-10)18-13(17)14(19-11)20-15(21)9-4-2-1-3-5-9/h6-9H,1-5H2,(H2,17,18)(H,19,20,21). The van der Waals surface area contributed by atoms with E-state index in [1.54, 1.807) is 18.2 Å². The fourth-order valence-electron chi connectivity index (χ4n) is 2.72.